The summed E-state index contributed by atoms with van der Waals surface area (Å²) in [5, 5.41) is 8.61. The number of carbonyl (C=O) groups excluding carboxylic acids is 3. The van der Waals surface area contributed by atoms with Crippen molar-refractivity contribution in [3.8, 4) is 0 Å². The van der Waals surface area contributed by atoms with Crippen LogP contribution in [0, 0.1) is 0 Å². The van der Waals surface area contributed by atoms with Gasteiger partial charge in [0.2, 0.25) is 11.8 Å². The highest BCUT2D eigenvalue weighted by molar-refractivity contribution is 7.08. The Kier molecular flexibility index (Phi) is 3.66. The van der Waals surface area contributed by atoms with Gasteiger partial charge in [0, 0.05) is 6.42 Å². The molecule has 0 saturated carbocycles. The van der Waals surface area contributed by atoms with Crippen LogP contribution in [0.1, 0.15) is 35.1 Å². The van der Waals surface area contributed by atoms with Crippen molar-refractivity contribution in [1.29, 1.82) is 0 Å². The molecular weight excluding hydrogens is 256 g/mol. The maximum atomic E-state index is 11.9. The maximum Gasteiger partial charge on any atom is 0.265 e. The molecule has 2 rings (SSSR count). The number of aromatic nitrogens is 2. The van der Waals surface area contributed by atoms with Gasteiger partial charge < -0.3 is 5.32 Å². The van der Waals surface area contributed by atoms with Gasteiger partial charge in [0.25, 0.3) is 5.91 Å². The lowest BCUT2D eigenvalue weighted by Crippen LogP contribution is -2.52. The first kappa shape index (κ1) is 12.6. The number of rotatable bonds is 3. The topological polar surface area (TPSA) is 101 Å². The minimum atomic E-state index is -0.665. The van der Waals surface area contributed by atoms with E-state index in [1.165, 1.54) is 0 Å². The molecule has 8 heteroatoms. The fourth-order valence-electron chi connectivity index (χ4n) is 1.67. The molecule has 2 heterocycles. The number of imide groups is 1. The summed E-state index contributed by atoms with van der Waals surface area (Å²) in [7, 11) is 0. The molecule has 0 bridgehead atoms. The van der Waals surface area contributed by atoms with Crippen LogP contribution in [-0.2, 0) is 16.0 Å². The summed E-state index contributed by atoms with van der Waals surface area (Å²) in [5.74, 6) is -1.13. The van der Waals surface area contributed by atoms with E-state index in [0.717, 1.165) is 11.5 Å². The summed E-state index contributed by atoms with van der Waals surface area (Å²) in [5.41, 5.74) is 0.616. The minimum absolute atomic E-state index is 0.234. The first-order chi connectivity index (χ1) is 8.61. The Labute approximate surface area is 107 Å². The number of hydrogen-bond donors (Lipinski definition) is 2. The monoisotopic (exact) mass is 268 g/mol. The second kappa shape index (κ2) is 5.21. The second-order valence-corrected chi connectivity index (χ2v) is 4.63. The SMILES string of the molecule is CCc1nnsc1C(=O)NC1CCC(=O)NC1=O. The van der Waals surface area contributed by atoms with Crippen molar-refractivity contribution in [2.24, 2.45) is 0 Å². The molecule has 96 valence electrons. The van der Waals surface area contributed by atoms with E-state index in [9.17, 15) is 14.4 Å². The Morgan fingerprint density at radius 1 is 1.56 bits per heavy atom. The summed E-state index contributed by atoms with van der Waals surface area (Å²) in [6, 6.07) is -0.665. The number of amides is 3. The van der Waals surface area contributed by atoms with E-state index in [0.29, 0.717) is 23.4 Å². The predicted octanol–water partition coefficient (Wildman–Crippen LogP) is -0.364. The zero-order chi connectivity index (χ0) is 13.1. The number of nitrogens with one attached hydrogen (secondary N) is 2. The van der Waals surface area contributed by atoms with Crippen molar-refractivity contribution in [3.63, 3.8) is 0 Å². The van der Waals surface area contributed by atoms with Crippen molar-refractivity contribution in [2.75, 3.05) is 0 Å². The summed E-state index contributed by atoms with van der Waals surface area (Å²) < 4.78 is 3.71. The number of aryl methyl sites for hydroxylation is 1. The van der Waals surface area contributed by atoms with E-state index in [-0.39, 0.29) is 18.2 Å². The Bertz CT molecular complexity index is 499. The van der Waals surface area contributed by atoms with E-state index in [2.05, 4.69) is 20.2 Å². The van der Waals surface area contributed by atoms with Gasteiger partial charge in [0.15, 0.2) is 0 Å². The summed E-state index contributed by atoms with van der Waals surface area (Å²) in [6.45, 7) is 1.87. The van der Waals surface area contributed by atoms with Gasteiger partial charge in [-0.05, 0) is 24.4 Å². The smallest absolute Gasteiger partial charge is 0.265 e. The number of carbonyl (C=O) groups is 3. The van der Waals surface area contributed by atoms with Crippen LogP contribution in [-0.4, -0.2) is 33.4 Å². The lowest BCUT2D eigenvalue weighted by molar-refractivity contribution is -0.134. The van der Waals surface area contributed by atoms with E-state index >= 15 is 0 Å². The zero-order valence-corrected chi connectivity index (χ0v) is 10.5. The average Bonchev–Trinajstić information content (AvgIpc) is 2.81. The molecule has 1 aliphatic rings. The highest BCUT2D eigenvalue weighted by Gasteiger charge is 2.29. The molecule has 3 amide bonds. The predicted molar refractivity (Wildman–Crippen MR) is 62.9 cm³/mol. The highest BCUT2D eigenvalue weighted by Crippen LogP contribution is 2.12. The zero-order valence-electron chi connectivity index (χ0n) is 9.73. The summed E-state index contributed by atoms with van der Waals surface area (Å²) in [4.78, 5) is 34.8. The maximum absolute atomic E-state index is 11.9. The van der Waals surface area contributed by atoms with Crippen molar-refractivity contribution in [2.45, 2.75) is 32.2 Å². The molecule has 1 aromatic heterocycles. The van der Waals surface area contributed by atoms with E-state index in [1.807, 2.05) is 6.92 Å². The molecule has 18 heavy (non-hydrogen) atoms. The van der Waals surface area contributed by atoms with Crippen LogP contribution in [0.3, 0.4) is 0 Å². The fraction of sp³-hybridized carbons (Fsp3) is 0.500. The molecule has 0 aromatic carbocycles. The molecule has 1 aromatic rings. The van der Waals surface area contributed by atoms with Crippen molar-refractivity contribution < 1.29 is 14.4 Å². The van der Waals surface area contributed by atoms with E-state index in [4.69, 9.17) is 0 Å². The third-order valence-corrected chi connectivity index (χ3v) is 3.41. The molecular formula is C10H12N4O3S. The van der Waals surface area contributed by atoms with Gasteiger partial charge in [-0.2, -0.15) is 0 Å². The molecule has 1 saturated heterocycles. The summed E-state index contributed by atoms with van der Waals surface area (Å²) >= 11 is 1.00. The molecule has 1 atom stereocenters. The lowest BCUT2D eigenvalue weighted by Gasteiger charge is -2.21. The third kappa shape index (κ3) is 2.53. The van der Waals surface area contributed by atoms with E-state index in [1.54, 1.807) is 0 Å². The molecule has 7 nitrogen and oxygen atoms in total. The average molecular weight is 268 g/mol. The molecule has 1 unspecified atom stereocenters. The van der Waals surface area contributed by atoms with Crippen molar-refractivity contribution >= 4 is 29.3 Å². The summed E-state index contributed by atoms with van der Waals surface area (Å²) in [6.07, 6.45) is 1.16. The molecule has 0 spiro atoms. The Morgan fingerprint density at radius 2 is 2.33 bits per heavy atom. The van der Waals surface area contributed by atoms with Crippen LogP contribution >= 0.6 is 11.5 Å². The third-order valence-electron chi connectivity index (χ3n) is 2.64. The van der Waals surface area contributed by atoms with E-state index < -0.39 is 11.9 Å². The van der Waals surface area contributed by atoms with Crippen LogP contribution in [0.2, 0.25) is 0 Å². The van der Waals surface area contributed by atoms with Gasteiger partial charge in [-0.3, -0.25) is 19.7 Å². The Hall–Kier alpha value is -1.83. The standard InChI is InChI=1S/C10H12N4O3S/c1-2-5-8(18-14-13-5)10(17)11-6-3-4-7(15)12-9(6)16/h6H,2-4H2,1H3,(H,11,17)(H,12,15,16). The van der Waals surface area contributed by atoms with Gasteiger partial charge in [0.05, 0.1) is 5.69 Å². The molecule has 2 N–H and O–H groups in total. The second-order valence-electron chi connectivity index (χ2n) is 3.88. The number of nitrogens with zero attached hydrogens (tertiary/aromatic N) is 2. The first-order valence-corrected chi connectivity index (χ1v) is 6.35. The van der Waals surface area contributed by atoms with Gasteiger partial charge >= 0.3 is 0 Å². The van der Waals surface area contributed by atoms with Gasteiger partial charge in [0.1, 0.15) is 10.9 Å². The molecule has 1 fully saturated rings. The van der Waals surface area contributed by atoms with Crippen LogP contribution in [0.25, 0.3) is 0 Å². The van der Waals surface area contributed by atoms with Crippen molar-refractivity contribution in [1.82, 2.24) is 20.2 Å². The largest absolute Gasteiger partial charge is 0.339 e. The Morgan fingerprint density at radius 3 is 3.00 bits per heavy atom. The quantitative estimate of drug-likeness (QED) is 0.729. The first-order valence-electron chi connectivity index (χ1n) is 5.57. The fourth-order valence-corrected chi connectivity index (χ4v) is 2.32. The van der Waals surface area contributed by atoms with Crippen LogP contribution in [0.5, 0.6) is 0 Å². The number of hydrogen-bond acceptors (Lipinski definition) is 6. The van der Waals surface area contributed by atoms with Gasteiger partial charge in [-0.15, -0.1) is 5.10 Å². The van der Waals surface area contributed by atoms with Crippen molar-refractivity contribution in [3.05, 3.63) is 10.6 Å². The van der Waals surface area contributed by atoms with Gasteiger partial charge in [-0.1, -0.05) is 11.4 Å². The molecule has 0 radical (unpaired) electrons. The number of piperidine rings is 1. The molecule has 0 aliphatic carbocycles. The minimum Gasteiger partial charge on any atom is -0.339 e. The molecule has 1 aliphatic heterocycles. The van der Waals surface area contributed by atoms with Gasteiger partial charge in [-0.25, -0.2) is 0 Å². The highest BCUT2D eigenvalue weighted by atomic mass is 32.1. The van der Waals surface area contributed by atoms with Crippen LogP contribution in [0.4, 0.5) is 0 Å². The lowest BCUT2D eigenvalue weighted by atomic mass is 10.1. The Balaban J connectivity index is 2.03. The van der Waals surface area contributed by atoms with Crippen LogP contribution < -0.4 is 10.6 Å². The van der Waals surface area contributed by atoms with Crippen LogP contribution in [0.15, 0.2) is 0 Å². The normalized spacial score (nSPS) is 19.5.